The van der Waals surface area contributed by atoms with Crippen LogP contribution < -0.4 is 10.2 Å². The Bertz CT molecular complexity index is 562. The van der Waals surface area contributed by atoms with E-state index >= 15 is 0 Å². The number of carbonyl (C=O) groups excluding carboxylic acids is 1. The van der Waals surface area contributed by atoms with Gasteiger partial charge in [-0.2, -0.15) is 5.10 Å². The van der Waals surface area contributed by atoms with E-state index in [4.69, 9.17) is 0 Å². The first-order valence-corrected chi connectivity index (χ1v) is 8.35. The van der Waals surface area contributed by atoms with Gasteiger partial charge in [-0.15, -0.1) is 11.3 Å². The van der Waals surface area contributed by atoms with Crippen LogP contribution in [0.5, 0.6) is 0 Å². The predicted octanol–water partition coefficient (Wildman–Crippen LogP) is 1.26. The van der Waals surface area contributed by atoms with Crippen LogP contribution in [0.25, 0.3) is 0 Å². The number of nitrogens with one attached hydrogen (secondary N) is 1. The molecule has 0 spiro atoms. The van der Waals surface area contributed by atoms with Crippen LogP contribution in [0, 0.1) is 0 Å². The summed E-state index contributed by atoms with van der Waals surface area (Å²) in [5, 5.41) is 10.1. The summed E-state index contributed by atoms with van der Waals surface area (Å²) in [5.41, 5.74) is 0. The van der Waals surface area contributed by atoms with Crippen molar-refractivity contribution in [1.29, 1.82) is 0 Å². The average Bonchev–Trinajstić information content (AvgIpc) is 3.25. The molecule has 1 aliphatic heterocycles. The van der Waals surface area contributed by atoms with Crippen LogP contribution in [-0.4, -0.2) is 58.4 Å². The number of carbonyl (C=O) groups is 1. The van der Waals surface area contributed by atoms with Crippen LogP contribution in [0.15, 0.2) is 30.0 Å². The molecular formula is C14H20N6OS. The quantitative estimate of drug-likeness (QED) is 0.842. The molecule has 0 atom stereocenters. The standard InChI is InChI=1S/C14H20N6OS/c21-13(15-3-1-6-20-7-2-4-17-20)18-8-10-19(11-9-18)14-16-5-12-22-14/h2,4-5,7,12H,1,3,6,8-11H2,(H,15,21). The molecule has 0 unspecified atom stereocenters. The van der Waals surface area contributed by atoms with Crippen LogP contribution in [-0.2, 0) is 6.54 Å². The second kappa shape index (κ2) is 7.26. The highest BCUT2D eigenvalue weighted by atomic mass is 32.1. The topological polar surface area (TPSA) is 66.3 Å². The molecule has 2 aromatic rings. The highest BCUT2D eigenvalue weighted by Gasteiger charge is 2.21. The lowest BCUT2D eigenvalue weighted by Crippen LogP contribution is -2.52. The summed E-state index contributed by atoms with van der Waals surface area (Å²) in [5.74, 6) is 0. The molecule has 1 N–H and O–H groups in total. The molecule has 22 heavy (non-hydrogen) atoms. The summed E-state index contributed by atoms with van der Waals surface area (Å²) in [6.45, 7) is 4.66. The molecule has 8 heteroatoms. The minimum Gasteiger partial charge on any atom is -0.345 e. The van der Waals surface area contributed by atoms with Crippen molar-refractivity contribution in [2.45, 2.75) is 13.0 Å². The maximum Gasteiger partial charge on any atom is 0.317 e. The van der Waals surface area contributed by atoms with Crippen molar-refractivity contribution in [1.82, 2.24) is 25.0 Å². The van der Waals surface area contributed by atoms with E-state index in [1.54, 1.807) is 17.5 Å². The van der Waals surface area contributed by atoms with Crippen molar-refractivity contribution in [3.63, 3.8) is 0 Å². The minimum absolute atomic E-state index is 0.0271. The number of thiazole rings is 1. The summed E-state index contributed by atoms with van der Waals surface area (Å²) in [6, 6.07) is 1.93. The highest BCUT2D eigenvalue weighted by Crippen LogP contribution is 2.18. The Labute approximate surface area is 133 Å². The number of amides is 2. The number of piperazine rings is 1. The second-order valence-electron chi connectivity index (χ2n) is 5.14. The summed E-state index contributed by atoms with van der Waals surface area (Å²) < 4.78 is 1.87. The maximum atomic E-state index is 12.1. The number of aryl methyl sites for hydroxylation is 1. The van der Waals surface area contributed by atoms with Gasteiger partial charge in [0.25, 0.3) is 0 Å². The zero-order valence-corrected chi connectivity index (χ0v) is 13.2. The first kappa shape index (κ1) is 14.8. The highest BCUT2D eigenvalue weighted by molar-refractivity contribution is 7.13. The molecule has 2 aromatic heterocycles. The number of hydrogen-bond acceptors (Lipinski definition) is 5. The van der Waals surface area contributed by atoms with Crippen molar-refractivity contribution in [2.24, 2.45) is 0 Å². The van der Waals surface area contributed by atoms with Crippen molar-refractivity contribution < 1.29 is 4.79 Å². The normalized spacial score (nSPS) is 15.1. The van der Waals surface area contributed by atoms with Crippen LogP contribution in [0.4, 0.5) is 9.93 Å². The Kier molecular flexibility index (Phi) is 4.89. The van der Waals surface area contributed by atoms with Gasteiger partial charge >= 0.3 is 6.03 Å². The van der Waals surface area contributed by atoms with Gasteiger partial charge < -0.3 is 15.1 Å². The van der Waals surface area contributed by atoms with Crippen LogP contribution in [0.1, 0.15) is 6.42 Å². The molecule has 3 heterocycles. The lowest BCUT2D eigenvalue weighted by molar-refractivity contribution is 0.194. The molecule has 118 valence electrons. The Morgan fingerprint density at radius 2 is 2.14 bits per heavy atom. The van der Waals surface area contributed by atoms with Gasteiger partial charge in [-0.05, 0) is 12.5 Å². The zero-order chi connectivity index (χ0) is 15.2. The van der Waals surface area contributed by atoms with E-state index in [-0.39, 0.29) is 6.03 Å². The fraction of sp³-hybridized carbons (Fsp3) is 0.500. The fourth-order valence-electron chi connectivity index (χ4n) is 2.45. The van der Waals surface area contributed by atoms with Crippen molar-refractivity contribution in [3.05, 3.63) is 30.0 Å². The number of hydrogen-bond donors (Lipinski definition) is 1. The Balaban J connectivity index is 1.35. The van der Waals surface area contributed by atoms with E-state index in [9.17, 15) is 4.79 Å². The minimum atomic E-state index is 0.0271. The maximum absolute atomic E-state index is 12.1. The molecule has 1 saturated heterocycles. The molecular weight excluding hydrogens is 300 g/mol. The lowest BCUT2D eigenvalue weighted by atomic mass is 10.3. The summed E-state index contributed by atoms with van der Waals surface area (Å²) >= 11 is 1.64. The predicted molar refractivity (Wildman–Crippen MR) is 86.1 cm³/mol. The Morgan fingerprint density at radius 3 is 2.82 bits per heavy atom. The first-order chi connectivity index (χ1) is 10.8. The van der Waals surface area contributed by atoms with Crippen molar-refractivity contribution in [3.8, 4) is 0 Å². The molecule has 0 aromatic carbocycles. The van der Waals surface area contributed by atoms with Gasteiger partial charge in [-0.1, -0.05) is 0 Å². The monoisotopic (exact) mass is 320 g/mol. The van der Waals surface area contributed by atoms with Gasteiger partial charge in [0.2, 0.25) is 0 Å². The van der Waals surface area contributed by atoms with Crippen molar-refractivity contribution >= 4 is 22.5 Å². The molecule has 0 radical (unpaired) electrons. The molecule has 0 saturated carbocycles. The third-order valence-corrected chi connectivity index (χ3v) is 4.49. The zero-order valence-electron chi connectivity index (χ0n) is 12.4. The largest absolute Gasteiger partial charge is 0.345 e. The molecule has 2 amide bonds. The average molecular weight is 320 g/mol. The van der Waals surface area contributed by atoms with E-state index < -0.39 is 0 Å². The molecule has 0 bridgehead atoms. The SMILES string of the molecule is O=C(NCCCn1cccn1)N1CCN(c2nccs2)CC1. The van der Waals surface area contributed by atoms with E-state index in [0.717, 1.165) is 44.3 Å². The van der Waals surface area contributed by atoms with Crippen LogP contribution in [0.2, 0.25) is 0 Å². The van der Waals surface area contributed by atoms with Gasteiger partial charge in [-0.25, -0.2) is 9.78 Å². The van der Waals surface area contributed by atoms with Gasteiger partial charge in [0.15, 0.2) is 5.13 Å². The Morgan fingerprint density at radius 1 is 1.27 bits per heavy atom. The summed E-state index contributed by atoms with van der Waals surface area (Å²) in [7, 11) is 0. The smallest absolute Gasteiger partial charge is 0.317 e. The number of nitrogens with zero attached hydrogens (tertiary/aromatic N) is 5. The van der Waals surface area contributed by atoms with E-state index in [0.29, 0.717) is 6.54 Å². The van der Waals surface area contributed by atoms with E-state index in [2.05, 4.69) is 20.3 Å². The van der Waals surface area contributed by atoms with E-state index in [1.807, 2.05) is 33.4 Å². The van der Waals surface area contributed by atoms with Crippen molar-refractivity contribution in [2.75, 3.05) is 37.6 Å². The number of rotatable bonds is 5. The Hall–Kier alpha value is -2.09. The van der Waals surface area contributed by atoms with Crippen LogP contribution >= 0.6 is 11.3 Å². The fourth-order valence-corrected chi connectivity index (χ4v) is 3.15. The lowest BCUT2D eigenvalue weighted by Gasteiger charge is -2.34. The first-order valence-electron chi connectivity index (χ1n) is 7.47. The molecule has 3 rings (SSSR count). The van der Waals surface area contributed by atoms with Gasteiger partial charge in [-0.3, -0.25) is 4.68 Å². The molecule has 0 aliphatic carbocycles. The molecule has 7 nitrogen and oxygen atoms in total. The molecule has 1 aliphatic rings. The van der Waals surface area contributed by atoms with Gasteiger partial charge in [0.1, 0.15) is 0 Å². The van der Waals surface area contributed by atoms with E-state index in [1.165, 1.54) is 0 Å². The summed E-state index contributed by atoms with van der Waals surface area (Å²) in [4.78, 5) is 20.5. The molecule has 1 fully saturated rings. The number of anilines is 1. The second-order valence-corrected chi connectivity index (χ2v) is 6.02. The third-order valence-electron chi connectivity index (χ3n) is 3.66. The summed E-state index contributed by atoms with van der Waals surface area (Å²) in [6.07, 6.45) is 6.39. The van der Waals surface area contributed by atoms with Gasteiger partial charge in [0, 0.05) is 63.2 Å². The number of aromatic nitrogens is 3. The van der Waals surface area contributed by atoms with Crippen LogP contribution in [0.3, 0.4) is 0 Å². The number of urea groups is 1. The van der Waals surface area contributed by atoms with Gasteiger partial charge in [0.05, 0.1) is 0 Å². The third kappa shape index (κ3) is 3.76.